The molecule has 0 aromatic carbocycles. The summed E-state index contributed by atoms with van der Waals surface area (Å²) in [7, 11) is 0. The smallest absolute Gasteiger partial charge is 0.325 e. The van der Waals surface area contributed by atoms with Crippen LogP contribution in [0.15, 0.2) is 22.2 Å². The molecule has 46 heavy (non-hydrogen) atoms. The number of nitrogens with one attached hydrogen (secondary N) is 2. The van der Waals surface area contributed by atoms with E-state index in [9.17, 15) is 19.4 Å². The topological polar surface area (TPSA) is 249 Å². The van der Waals surface area contributed by atoms with E-state index in [2.05, 4.69) is 29.9 Å². The van der Waals surface area contributed by atoms with Crippen molar-refractivity contribution in [3.05, 3.63) is 39.2 Å². The normalized spacial score (nSPS) is 37.2. The van der Waals surface area contributed by atoms with Gasteiger partial charge in [0.25, 0.3) is 11.1 Å². The van der Waals surface area contributed by atoms with Gasteiger partial charge < -0.3 is 39.0 Å². The molecule has 6 N–H and O–H groups in total. The van der Waals surface area contributed by atoms with Gasteiger partial charge in [0, 0.05) is 0 Å². The molecule has 0 aliphatic carbocycles. The Kier molecular flexibility index (Phi) is 7.98. The molecule has 7 rings (SSSR count). The molecule has 19 nitrogen and oxygen atoms in total. The molecule has 4 aromatic heterocycles. The zero-order valence-corrected chi connectivity index (χ0v) is 26.5. The van der Waals surface area contributed by atoms with E-state index < -0.39 is 87.0 Å². The highest BCUT2D eigenvalue weighted by Gasteiger charge is 2.53. The number of aromatic nitrogens is 8. The van der Waals surface area contributed by atoms with E-state index in [0.717, 1.165) is 17.2 Å². The SMILES string of the molecule is Cc1nc2c(ncn2[C@@H]2O[C@@H]3COP(O)(=S)O[C@@H]4[C@H](F)[C@@H](COP(O)(=S)O[C@@H]2[C@@H]3F)O[C@H]4n2cnc3c(=O)[nH]c(N)nc32)c(=O)[nH]1. The molecule has 248 valence electrons. The maximum absolute atomic E-state index is 16.0. The van der Waals surface area contributed by atoms with Gasteiger partial charge in [0.1, 0.15) is 30.2 Å². The Hall–Kier alpha value is -2.66. The number of hydrogen-bond acceptors (Lipinski definition) is 15. The lowest BCUT2D eigenvalue weighted by Gasteiger charge is -2.27. The zero-order chi connectivity index (χ0) is 32.7. The zero-order valence-electron chi connectivity index (χ0n) is 23.1. The Morgan fingerprint density at radius 1 is 0.870 bits per heavy atom. The third-order valence-corrected chi connectivity index (χ3v) is 10.5. The Balaban J connectivity index is 1.23. The molecule has 4 aromatic rings. The monoisotopic (exact) mass is 725 g/mol. The van der Waals surface area contributed by atoms with Gasteiger partial charge in [-0.1, -0.05) is 0 Å². The molecular formula is C21H23F2N9O10P2S2. The van der Waals surface area contributed by atoms with Crippen LogP contribution >= 0.6 is 13.4 Å². The number of aryl methyl sites for hydroxylation is 1. The summed E-state index contributed by atoms with van der Waals surface area (Å²) in [6.07, 6.45) is -11.3. The average molecular weight is 726 g/mol. The number of nitrogens with zero attached hydrogens (tertiary/aromatic N) is 6. The van der Waals surface area contributed by atoms with Crippen molar-refractivity contribution >= 4 is 65.3 Å². The first-order valence-corrected chi connectivity index (χ1v) is 18.5. The van der Waals surface area contributed by atoms with E-state index in [4.69, 9.17) is 56.9 Å². The number of alkyl halides is 2. The predicted molar refractivity (Wildman–Crippen MR) is 158 cm³/mol. The quantitative estimate of drug-likeness (QED) is 0.169. The number of aromatic amines is 2. The molecule has 3 saturated heterocycles. The van der Waals surface area contributed by atoms with Crippen LogP contribution in [0.5, 0.6) is 0 Å². The molecule has 7 heterocycles. The summed E-state index contributed by atoms with van der Waals surface area (Å²) in [4.78, 5) is 67.7. The fourth-order valence-electron chi connectivity index (χ4n) is 5.39. The second-order valence-corrected chi connectivity index (χ2v) is 16.0. The average Bonchev–Trinajstić information content (AvgIpc) is 3.72. The van der Waals surface area contributed by atoms with Crippen LogP contribution in [0.1, 0.15) is 18.3 Å². The van der Waals surface area contributed by atoms with E-state index in [1.54, 1.807) is 0 Å². The van der Waals surface area contributed by atoms with Crippen LogP contribution in [-0.2, 0) is 51.2 Å². The predicted octanol–water partition coefficient (Wildman–Crippen LogP) is -0.135. The van der Waals surface area contributed by atoms with Gasteiger partial charge >= 0.3 is 13.4 Å². The van der Waals surface area contributed by atoms with Crippen LogP contribution in [0.4, 0.5) is 14.7 Å². The summed E-state index contributed by atoms with van der Waals surface area (Å²) in [6.45, 7) is -8.72. The highest BCUT2D eigenvalue weighted by molar-refractivity contribution is 8.07. The third-order valence-electron chi connectivity index (χ3n) is 7.39. The minimum absolute atomic E-state index is 0.0107. The summed E-state index contributed by atoms with van der Waals surface area (Å²) >= 11 is 10.3. The van der Waals surface area contributed by atoms with E-state index in [-0.39, 0.29) is 34.1 Å². The number of halogens is 2. The molecule has 4 bridgehead atoms. The van der Waals surface area contributed by atoms with E-state index in [1.165, 1.54) is 11.5 Å². The Morgan fingerprint density at radius 2 is 1.33 bits per heavy atom. The lowest BCUT2D eigenvalue weighted by atomic mass is 10.1. The van der Waals surface area contributed by atoms with Crippen molar-refractivity contribution in [2.45, 2.75) is 56.1 Å². The van der Waals surface area contributed by atoms with Gasteiger partial charge in [-0.05, 0) is 30.5 Å². The first-order valence-electron chi connectivity index (χ1n) is 13.3. The molecule has 10 atom stereocenters. The molecule has 0 spiro atoms. The molecule has 2 unspecified atom stereocenters. The summed E-state index contributed by atoms with van der Waals surface area (Å²) in [5.74, 6) is -0.0450. The number of fused-ring (bicyclic) bond motifs is 6. The standard InChI is InChI=1S/C21H23F2N9O10P2S2/c1-6-27-15-11(17(33)28-6)25-4-31(15)19-13-9(22)7(39-19)2-37-44(36,46)42-14-10(23)8(3-38-43(35,45)41-13)40-20(14)32-5-26-12-16(32)29-21(24)30-18(12)34/h4-5,7-10,13-14,19-20H,2-3H2,1H3,(H,35,45)(H,36,46)(H,27,28,33)(H3,24,29,30,34)/t7-,8-,9-,10-,13-,14-,19-,20-,43?,44?/m1/s1. The highest BCUT2D eigenvalue weighted by atomic mass is 32.5. The number of hydrogen-bond donors (Lipinski definition) is 5. The summed E-state index contributed by atoms with van der Waals surface area (Å²) in [5, 5.41) is 0. The Morgan fingerprint density at radius 3 is 1.83 bits per heavy atom. The van der Waals surface area contributed by atoms with Gasteiger partial charge in [0.05, 0.1) is 25.9 Å². The summed E-state index contributed by atoms with van der Waals surface area (Å²) in [5.41, 5.74) is 4.09. The second kappa shape index (κ2) is 11.5. The van der Waals surface area contributed by atoms with E-state index in [0.29, 0.717) is 0 Å². The van der Waals surface area contributed by atoms with Crippen molar-refractivity contribution < 1.29 is 46.1 Å². The number of H-pyrrole nitrogens is 2. The van der Waals surface area contributed by atoms with Crippen LogP contribution in [0.25, 0.3) is 22.3 Å². The molecule has 3 aliphatic rings. The number of ether oxygens (including phenoxy) is 2. The van der Waals surface area contributed by atoms with Crippen LogP contribution in [0, 0.1) is 6.92 Å². The van der Waals surface area contributed by atoms with Crippen molar-refractivity contribution in [1.82, 2.24) is 39.0 Å². The lowest BCUT2D eigenvalue weighted by Crippen LogP contribution is -2.35. The Bertz CT molecular complexity index is 1920. The van der Waals surface area contributed by atoms with Crippen molar-refractivity contribution in [2.24, 2.45) is 0 Å². The number of rotatable bonds is 2. The van der Waals surface area contributed by atoms with Gasteiger partial charge in [-0.3, -0.25) is 32.8 Å². The lowest BCUT2D eigenvalue weighted by molar-refractivity contribution is -0.0608. The third kappa shape index (κ3) is 5.63. The van der Waals surface area contributed by atoms with Crippen molar-refractivity contribution in [3.63, 3.8) is 0 Å². The largest absolute Gasteiger partial charge is 0.369 e. The van der Waals surface area contributed by atoms with Crippen LogP contribution in [-0.4, -0.2) is 98.8 Å². The van der Waals surface area contributed by atoms with E-state index >= 15 is 8.78 Å². The summed E-state index contributed by atoms with van der Waals surface area (Å²) < 4.78 is 67.9. The van der Waals surface area contributed by atoms with Crippen molar-refractivity contribution in [1.29, 1.82) is 0 Å². The molecule has 3 fully saturated rings. The van der Waals surface area contributed by atoms with Crippen molar-refractivity contribution in [3.8, 4) is 0 Å². The molecule has 0 saturated carbocycles. The highest BCUT2D eigenvalue weighted by Crippen LogP contribution is 2.54. The fraction of sp³-hybridized carbons (Fsp3) is 0.524. The molecular weight excluding hydrogens is 702 g/mol. The first-order chi connectivity index (χ1) is 21.7. The molecule has 25 heteroatoms. The maximum Gasteiger partial charge on any atom is 0.325 e. The van der Waals surface area contributed by atoms with Gasteiger partial charge in [-0.2, -0.15) is 4.98 Å². The summed E-state index contributed by atoms with van der Waals surface area (Å²) in [6, 6.07) is 0. The number of nitrogens with two attached hydrogens (primary N) is 1. The Labute approximate surface area is 264 Å². The van der Waals surface area contributed by atoms with Crippen LogP contribution in [0.2, 0.25) is 0 Å². The fourth-order valence-corrected chi connectivity index (χ4v) is 8.20. The van der Waals surface area contributed by atoms with Crippen molar-refractivity contribution in [2.75, 3.05) is 18.9 Å². The molecule has 0 radical (unpaired) electrons. The minimum atomic E-state index is -4.38. The van der Waals surface area contributed by atoms with Gasteiger partial charge in [-0.25, -0.2) is 23.7 Å². The number of imidazole rings is 2. The number of anilines is 1. The second-order valence-electron chi connectivity index (χ2n) is 10.4. The molecule has 0 amide bonds. The van der Waals surface area contributed by atoms with Gasteiger partial charge in [0.2, 0.25) is 5.95 Å². The van der Waals surface area contributed by atoms with Gasteiger partial charge in [0.15, 0.2) is 47.1 Å². The van der Waals surface area contributed by atoms with E-state index in [1.807, 2.05) is 0 Å². The van der Waals surface area contributed by atoms with Crippen LogP contribution < -0.4 is 16.9 Å². The minimum Gasteiger partial charge on any atom is -0.369 e. The maximum atomic E-state index is 16.0. The van der Waals surface area contributed by atoms with Gasteiger partial charge in [-0.15, -0.1) is 0 Å². The van der Waals surface area contributed by atoms with Crippen LogP contribution in [0.3, 0.4) is 0 Å². The molecule has 3 aliphatic heterocycles. The first kappa shape index (κ1) is 31.9. The number of nitrogen functional groups attached to an aromatic ring is 1.